The highest BCUT2D eigenvalue weighted by Crippen LogP contribution is 2.38. The van der Waals surface area contributed by atoms with E-state index in [1.54, 1.807) is 37.1 Å². The Bertz CT molecular complexity index is 910. The topological polar surface area (TPSA) is 60.5 Å². The van der Waals surface area contributed by atoms with Crippen LogP contribution in [0.4, 0.5) is 5.00 Å². The van der Waals surface area contributed by atoms with E-state index in [0.717, 1.165) is 15.6 Å². The molecule has 0 aliphatic heterocycles. The highest BCUT2D eigenvalue weighted by atomic mass is 32.2. The van der Waals surface area contributed by atoms with Gasteiger partial charge in [0.05, 0.1) is 19.8 Å². The molecular formula is C19H18N2O3S2. The summed E-state index contributed by atoms with van der Waals surface area (Å²) in [6.45, 7) is 0. The lowest BCUT2D eigenvalue weighted by Crippen LogP contribution is -2.13. The molecule has 2 aromatic carbocycles. The van der Waals surface area contributed by atoms with E-state index >= 15 is 0 Å². The molecule has 0 radical (unpaired) electrons. The minimum atomic E-state index is -0.269. The number of amides is 1. The van der Waals surface area contributed by atoms with Crippen LogP contribution in [0.1, 0.15) is 10.4 Å². The average Bonchev–Trinajstić information content (AvgIpc) is 3.10. The molecule has 0 aliphatic carbocycles. The molecule has 3 rings (SSSR count). The Hall–Kier alpha value is -2.51. The van der Waals surface area contributed by atoms with Gasteiger partial charge in [-0.15, -0.1) is 0 Å². The normalized spacial score (nSPS) is 10.4. The number of hydrogen-bond acceptors (Lipinski definition) is 6. The van der Waals surface area contributed by atoms with Crippen LogP contribution in [0.3, 0.4) is 0 Å². The summed E-state index contributed by atoms with van der Waals surface area (Å²) in [4.78, 5) is 17.5. The maximum absolute atomic E-state index is 12.9. The summed E-state index contributed by atoms with van der Waals surface area (Å²) in [5, 5.41) is 3.68. The molecule has 0 saturated carbocycles. The summed E-state index contributed by atoms with van der Waals surface area (Å²) in [7, 11) is 3.06. The SMILES string of the molecule is COc1cccc(C(=O)Nc2sc(SC)nc2-c2ccccc2)c1OC. The van der Waals surface area contributed by atoms with Crippen molar-refractivity contribution in [3.05, 3.63) is 54.1 Å². The second-order valence-electron chi connectivity index (χ2n) is 5.22. The molecule has 26 heavy (non-hydrogen) atoms. The van der Waals surface area contributed by atoms with Gasteiger partial charge in [-0.3, -0.25) is 4.79 Å². The predicted octanol–water partition coefficient (Wildman–Crippen LogP) is 4.80. The molecule has 1 N–H and O–H groups in total. The van der Waals surface area contributed by atoms with Crippen molar-refractivity contribution in [3.8, 4) is 22.8 Å². The van der Waals surface area contributed by atoms with Gasteiger partial charge in [0.2, 0.25) is 0 Å². The standard InChI is InChI=1S/C19H18N2O3S2/c1-23-14-11-7-10-13(16(14)24-2)17(22)21-18-15(20-19(25-3)26-18)12-8-5-4-6-9-12/h4-11H,1-3H3,(H,21,22). The number of para-hydroxylation sites is 1. The highest BCUT2D eigenvalue weighted by Gasteiger charge is 2.20. The quantitative estimate of drug-likeness (QED) is 0.617. The lowest BCUT2D eigenvalue weighted by Gasteiger charge is -2.12. The molecule has 3 aromatic rings. The number of rotatable bonds is 6. The molecule has 134 valence electrons. The number of aromatic nitrogens is 1. The van der Waals surface area contributed by atoms with Crippen LogP contribution in [0.2, 0.25) is 0 Å². The largest absolute Gasteiger partial charge is 0.493 e. The number of anilines is 1. The van der Waals surface area contributed by atoms with Crippen molar-refractivity contribution in [1.29, 1.82) is 0 Å². The number of thiazole rings is 1. The fraction of sp³-hybridized carbons (Fsp3) is 0.158. The van der Waals surface area contributed by atoms with Crippen LogP contribution in [0.15, 0.2) is 52.9 Å². The van der Waals surface area contributed by atoms with E-state index in [4.69, 9.17) is 9.47 Å². The maximum Gasteiger partial charge on any atom is 0.260 e. The summed E-state index contributed by atoms with van der Waals surface area (Å²) in [5.41, 5.74) is 2.12. The predicted molar refractivity (Wildman–Crippen MR) is 107 cm³/mol. The smallest absolute Gasteiger partial charge is 0.260 e. The number of thioether (sulfide) groups is 1. The van der Waals surface area contributed by atoms with Crippen molar-refractivity contribution >= 4 is 34.0 Å². The summed E-state index contributed by atoms with van der Waals surface area (Å²) in [6.07, 6.45) is 1.96. The van der Waals surface area contributed by atoms with Crippen LogP contribution >= 0.6 is 23.1 Å². The van der Waals surface area contributed by atoms with E-state index in [-0.39, 0.29) is 5.91 Å². The molecule has 0 saturated heterocycles. The van der Waals surface area contributed by atoms with Crippen LogP contribution in [0.5, 0.6) is 11.5 Å². The fourth-order valence-electron chi connectivity index (χ4n) is 2.50. The molecule has 7 heteroatoms. The van der Waals surface area contributed by atoms with Crippen molar-refractivity contribution < 1.29 is 14.3 Å². The molecule has 1 amide bonds. The fourth-order valence-corrected chi connectivity index (χ4v) is 3.98. The van der Waals surface area contributed by atoms with Crippen LogP contribution < -0.4 is 14.8 Å². The van der Waals surface area contributed by atoms with E-state index in [2.05, 4.69) is 10.3 Å². The maximum atomic E-state index is 12.9. The van der Waals surface area contributed by atoms with Gasteiger partial charge in [-0.1, -0.05) is 59.5 Å². The highest BCUT2D eigenvalue weighted by molar-refractivity contribution is 8.00. The van der Waals surface area contributed by atoms with E-state index in [1.807, 2.05) is 36.6 Å². The molecule has 1 aromatic heterocycles. The zero-order valence-corrected chi connectivity index (χ0v) is 16.2. The average molecular weight is 386 g/mol. The molecule has 0 spiro atoms. The van der Waals surface area contributed by atoms with Gasteiger partial charge in [-0.05, 0) is 18.4 Å². The van der Waals surface area contributed by atoms with Gasteiger partial charge >= 0.3 is 0 Å². The van der Waals surface area contributed by atoms with E-state index in [1.165, 1.54) is 18.4 Å². The molecule has 0 aliphatic rings. The zero-order chi connectivity index (χ0) is 18.5. The van der Waals surface area contributed by atoms with Crippen molar-refractivity contribution in [3.63, 3.8) is 0 Å². The Morgan fingerprint density at radius 3 is 2.50 bits per heavy atom. The van der Waals surface area contributed by atoms with E-state index in [0.29, 0.717) is 22.1 Å². The first-order chi connectivity index (χ1) is 12.7. The zero-order valence-electron chi connectivity index (χ0n) is 14.6. The van der Waals surface area contributed by atoms with Gasteiger partial charge in [-0.25, -0.2) is 4.98 Å². The van der Waals surface area contributed by atoms with Gasteiger partial charge in [0.1, 0.15) is 10.7 Å². The number of nitrogens with one attached hydrogen (secondary N) is 1. The summed E-state index contributed by atoms with van der Waals surface area (Å²) in [5.74, 6) is 0.648. The van der Waals surface area contributed by atoms with Gasteiger partial charge < -0.3 is 14.8 Å². The second-order valence-corrected chi connectivity index (χ2v) is 7.28. The first-order valence-electron chi connectivity index (χ1n) is 7.80. The number of carbonyl (C=O) groups excluding carboxylic acids is 1. The number of ether oxygens (including phenoxy) is 2. The first-order valence-corrected chi connectivity index (χ1v) is 9.84. The van der Waals surface area contributed by atoms with Crippen LogP contribution in [0.25, 0.3) is 11.3 Å². The van der Waals surface area contributed by atoms with Gasteiger partial charge in [0, 0.05) is 5.56 Å². The number of methoxy groups -OCH3 is 2. The van der Waals surface area contributed by atoms with Crippen molar-refractivity contribution in [2.45, 2.75) is 4.34 Å². The van der Waals surface area contributed by atoms with Gasteiger partial charge in [0.15, 0.2) is 15.8 Å². The van der Waals surface area contributed by atoms with Crippen molar-refractivity contribution in [2.75, 3.05) is 25.8 Å². The molecule has 0 fully saturated rings. The van der Waals surface area contributed by atoms with Gasteiger partial charge in [-0.2, -0.15) is 0 Å². The summed E-state index contributed by atoms with van der Waals surface area (Å²) in [6, 6.07) is 15.0. The summed E-state index contributed by atoms with van der Waals surface area (Å²) < 4.78 is 11.5. The Kier molecular flexibility index (Phi) is 5.80. The van der Waals surface area contributed by atoms with Crippen LogP contribution in [0, 0.1) is 0 Å². The van der Waals surface area contributed by atoms with Crippen molar-refractivity contribution in [2.24, 2.45) is 0 Å². The van der Waals surface area contributed by atoms with Gasteiger partial charge in [0.25, 0.3) is 5.91 Å². The third kappa shape index (κ3) is 3.68. The van der Waals surface area contributed by atoms with Crippen LogP contribution in [-0.4, -0.2) is 31.4 Å². The Morgan fingerprint density at radius 2 is 1.85 bits per heavy atom. The van der Waals surface area contributed by atoms with E-state index < -0.39 is 0 Å². The Balaban J connectivity index is 1.97. The first kappa shape index (κ1) is 18.3. The number of nitrogens with zero attached hydrogens (tertiary/aromatic N) is 1. The second kappa shape index (κ2) is 8.25. The molecule has 1 heterocycles. The number of carbonyl (C=O) groups is 1. The molecule has 0 atom stereocenters. The lowest BCUT2D eigenvalue weighted by atomic mass is 10.1. The minimum absolute atomic E-state index is 0.269. The number of benzene rings is 2. The molecule has 5 nitrogen and oxygen atoms in total. The Labute approximate surface area is 160 Å². The number of hydrogen-bond donors (Lipinski definition) is 1. The third-order valence-corrected chi connectivity index (χ3v) is 5.66. The summed E-state index contributed by atoms with van der Waals surface area (Å²) >= 11 is 3.00. The monoisotopic (exact) mass is 386 g/mol. The van der Waals surface area contributed by atoms with Crippen molar-refractivity contribution in [1.82, 2.24) is 4.98 Å². The van der Waals surface area contributed by atoms with Crippen LogP contribution in [-0.2, 0) is 0 Å². The minimum Gasteiger partial charge on any atom is -0.493 e. The van der Waals surface area contributed by atoms with E-state index in [9.17, 15) is 4.79 Å². The molecule has 0 unspecified atom stereocenters. The third-order valence-electron chi connectivity index (χ3n) is 3.70. The molecular weight excluding hydrogens is 368 g/mol. The lowest BCUT2D eigenvalue weighted by molar-refractivity contribution is 0.102. The molecule has 0 bridgehead atoms. The Morgan fingerprint density at radius 1 is 1.08 bits per heavy atom.